The van der Waals surface area contributed by atoms with E-state index in [0.29, 0.717) is 5.69 Å². The Morgan fingerprint density at radius 2 is 2.15 bits per heavy atom. The molecule has 0 fully saturated rings. The second-order valence-electron chi connectivity index (χ2n) is 4.81. The Morgan fingerprint density at radius 1 is 1.40 bits per heavy atom. The summed E-state index contributed by atoms with van der Waals surface area (Å²) >= 11 is 3.41. The standard InChI is InChI=1S/C15H16BrNO3/c1-3-20-14(18)15(2,19)9-12-6-4-10-8-11(16)5-7-13(10)17-12/h4-8,19H,3,9H2,1-2H3. The lowest BCUT2D eigenvalue weighted by Gasteiger charge is -2.20. The van der Waals surface area contributed by atoms with Crippen LogP contribution in [0.5, 0.6) is 0 Å². The molecule has 0 bridgehead atoms. The maximum Gasteiger partial charge on any atom is 0.338 e. The highest BCUT2D eigenvalue weighted by Crippen LogP contribution is 2.20. The number of hydrogen-bond donors (Lipinski definition) is 1. The summed E-state index contributed by atoms with van der Waals surface area (Å²) in [5.41, 5.74) is -0.0882. The third kappa shape index (κ3) is 3.35. The Labute approximate surface area is 125 Å². The molecule has 1 unspecified atom stereocenters. The Morgan fingerprint density at radius 3 is 2.85 bits per heavy atom. The molecule has 1 atom stereocenters. The number of esters is 1. The molecule has 0 radical (unpaired) electrons. The fourth-order valence-corrected chi connectivity index (χ4v) is 2.33. The summed E-state index contributed by atoms with van der Waals surface area (Å²) in [6, 6.07) is 9.49. The van der Waals surface area contributed by atoms with Crippen molar-refractivity contribution in [2.75, 3.05) is 6.61 Å². The van der Waals surface area contributed by atoms with E-state index in [1.807, 2.05) is 30.3 Å². The lowest BCUT2D eigenvalue weighted by molar-refractivity contribution is -0.163. The van der Waals surface area contributed by atoms with Crippen LogP contribution in [0.15, 0.2) is 34.8 Å². The van der Waals surface area contributed by atoms with Crippen molar-refractivity contribution in [1.29, 1.82) is 0 Å². The fourth-order valence-electron chi connectivity index (χ4n) is 1.95. The van der Waals surface area contributed by atoms with Gasteiger partial charge in [0.25, 0.3) is 0 Å². The van der Waals surface area contributed by atoms with Gasteiger partial charge in [0.15, 0.2) is 5.60 Å². The third-order valence-corrected chi connectivity index (χ3v) is 3.44. The maximum atomic E-state index is 11.7. The number of fused-ring (bicyclic) bond motifs is 1. The van der Waals surface area contributed by atoms with Crippen molar-refractivity contribution in [2.45, 2.75) is 25.9 Å². The minimum absolute atomic E-state index is 0.123. The van der Waals surface area contributed by atoms with Gasteiger partial charge in [-0.1, -0.05) is 22.0 Å². The second kappa shape index (κ2) is 5.89. The molecule has 2 aromatic rings. The predicted octanol–water partition coefficient (Wildman–Crippen LogP) is 2.85. The van der Waals surface area contributed by atoms with Gasteiger partial charge in [0.1, 0.15) is 0 Å². The largest absolute Gasteiger partial charge is 0.464 e. The zero-order chi connectivity index (χ0) is 14.8. The molecular weight excluding hydrogens is 322 g/mol. The van der Waals surface area contributed by atoms with Crippen molar-refractivity contribution in [1.82, 2.24) is 4.98 Å². The number of aromatic nitrogens is 1. The Kier molecular flexibility index (Phi) is 4.40. The number of rotatable bonds is 4. The first-order chi connectivity index (χ1) is 9.42. The minimum atomic E-state index is -1.56. The highest BCUT2D eigenvalue weighted by molar-refractivity contribution is 9.10. The SMILES string of the molecule is CCOC(=O)C(C)(O)Cc1ccc2cc(Br)ccc2n1. The Bertz CT molecular complexity index is 640. The van der Waals surface area contributed by atoms with Crippen molar-refractivity contribution < 1.29 is 14.6 Å². The monoisotopic (exact) mass is 337 g/mol. The molecule has 0 aliphatic heterocycles. The molecule has 5 heteroatoms. The molecule has 1 aromatic heterocycles. The summed E-state index contributed by atoms with van der Waals surface area (Å²) in [4.78, 5) is 16.1. The van der Waals surface area contributed by atoms with Crippen molar-refractivity contribution >= 4 is 32.8 Å². The molecule has 0 aliphatic rings. The highest BCUT2D eigenvalue weighted by Gasteiger charge is 2.32. The topological polar surface area (TPSA) is 59.4 Å². The van der Waals surface area contributed by atoms with Crippen LogP contribution in [0.1, 0.15) is 19.5 Å². The van der Waals surface area contributed by atoms with Gasteiger partial charge >= 0.3 is 5.97 Å². The number of ether oxygens (including phenoxy) is 1. The van der Waals surface area contributed by atoms with Crippen LogP contribution in [0.4, 0.5) is 0 Å². The van der Waals surface area contributed by atoms with Gasteiger partial charge in [-0.2, -0.15) is 0 Å². The Balaban J connectivity index is 2.25. The summed E-state index contributed by atoms with van der Waals surface area (Å²) in [6.07, 6.45) is 0.123. The van der Waals surface area contributed by atoms with E-state index in [9.17, 15) is 9.90 Å². The lowest BCUT2D eigenvalue weighted by Crippen LogP contribution is -2.39. The van der Waals surface area contributed by atoms with Crippen LogP contribution in [0.2, 0.25) is 0 Å². The van der Waals surface area contributed by atoms with E-state index in [2.05, 4.69) is 20.9 Å². The van der Waals surface area contributed by atoms with E-state index in [4.69, 9.17) is 4.74 Å². The molecule has 1 N–H and O–H groups in total. The van der Waals surface area contributed by atoms with Gasteiger partial charge in [-0.3, -0.25) is 4.98 Å². The van der Waals surface area contributed by atoms with E-state index in [1.54, 1.807) is 6.92 Å². The van der Waals surface area contributed by atoms with Crippen LogP contribution < -0.4 is 0 Å². The molecule has 20 heavy (non-hydrogen) atoms. The lowest BCUT2D eigenvalue weighted by atomic mass is 9.99. The summed E-state index contributed by atoms with van der Waals surface area (Å²) in [6.45, 7) is 3.40. The van der Waals surface area contributed by atoms with Crippen molar-refractivity contribution in [3.8, 4) is 0 Å². The molecule has 1 heterocycles. The average Bonchev–Trinajstić information content (AvgIpc) is 2.39. The van der Waals surface area contributed by atoms with Gasteiger partial charge in [-0.25, -0.2) is 4.79 Å². The number of benzene rings is 1. The molecule has 106 valence electrons. The van der Waals surface area contributed by atoms with Crippen LogP contribution in [-0.4, -0.2) is 28.3 Å². The number of carbonyl (C=O) groups excluding carboxylic acids is 1. The first-order valence-electron chi connectivity index (χ1n) is 6.37. The molecular formula is C15H16BrNO3. The van der Waals surface area contributed by atoms with Gasteiger partial charge in [0.05, 0.1) is 12.1 Å². The van der Waals surface area contributed by atoms with Crippen molar-refractivity contribution in [2.24, 2.45) is 0 Å². The molecule has 0 amide bonds. The molecule has 0 spiro atoms. The van der Waals surface area contributed by atoms with Gasteiger partial charge in [-0.15, -0.1) is 0 Å². The quantitative estimate of drug-likeness (QED) is 0.871. The summed E-state index contributed by atoms with van der Waals surface area (Å²) in [5.74, 6) is -0.627. The number of hydrogen-bond acceptors (Lipinski definition) is 4. The minimum Gasteiger partial charge on any atom is -0.464 e. The van der Waals surface area contributed by atoms with E-state index >= 15 is 0 Å². The van der Waals surface area contributed by atoms with Crippen molar-refractivity contribution in [3.63, 3.8) is 0 Å². The predicted molar refractivity (Wildman–Crippen MR) is 80.4 cm³/mol. The maximum absolute atomic E-state index is 11.7. The van der Waals surface area contributed by atoms with Crippen molar-refractivity contribution in [3.05, 3.63) is 40.5 Å². The second-order valence-corrected chi connectivity index (χ2v) is 5.73. The van der Waals surface area contributed by atoms with E-state index in [-0.39, 0.29) is 13.0 Å². The Hall–Kier alpha value is -1.46. The van der Waals surface area contributed by atoms with Gasteiger partial charge in [0, 0.05) is 22.0 Å². The number of aliphatic hydroxyl groups is 1. The third-order valence-electron chi connectivity index (χ3n) is 2.95. The molecule has 0 aliphatic carbocycles. The summed E-state index contributed by atoms with van der Waals surface area (Å²) in [5, 5.41) is 11.2. The van der Waals surface area contributed by atoms with Gasteiger partial charge < -0.3 is 9.84 Å². The van der Waals surface area contributed by atoms with Crippen LogP contribution in [0.3, 0.4) is 0 Å². The van der Waals surface area contributed by atoms with Crippen LogP contribution in [-0.2, 0) is 16.0 Å². The van der Waals surface area contributed by atoms with Gasteiger partial charge in [-0.05, 0) is 38.1 Å². The molecule has 2 rings (SSSR count). The van der Waals surface area contributed by atoms with Gasteiger partial charge in [0.2, 0.25) is 0 Å². The van der Waals surface area contributed by atoms with E-state index < -0.39 is 11.6 Å². The number of pyridine rings is 1. The molecule has 0 saturated heterocycles. The number of halogens is 1. The first-order valence-corrected chi connectivity index (χ1v) is 7.16. The summed E-state index contributed by atoms with van der Waals surface area (Å²) in [7, 11) is 0. The zero-order valence-electron chi connectivity index (χ0n) is 11.4. The first kappa shape index (κ1) is 14.9. The normalized spacial score (nSPS) is 14.0. The smallest absolute Gasteiger partial charge is 0.338 e. The van der Waals surface area contributed by atoms with E-state index in [1.165, 1.54) is 6.92 Å². The number of nitrogens with zero attached hydrogens (tertiary/aromatic N) is 1. The number of carbonyl (C=O) groups is 1. The van der Waals surface area contributed by atoms with E-state index in [0.717, 1.165) is 15.4 Å². The highest BCUT2D eigenvalue weighted by atomic mass is 79.9. The summed E-state index contributed by atoms with van der Waals surface area (Å²) < 4.78 is 5.84. The molecule has 1 aromatic carbocycles. The molecule has 0 saturated carbocycles. The fraction of sp³-hybridized carbons (Fsp3) is 0.333. The van der Waals surface area contributed by atoms with Crippen LogP contribution in [0, 0.1) is 0 Å². The van der Waals surface area contributed by atoms with Crippen LogP contribution in [0.25, 0.3) is 10.9 Å². The van der Waals surface area contributed by atoms with Crippen LogP contribution >= 0.6 is 15.9 Å². The zero-order valence-corrected chi connectivity index (χ0v) is 13.0. The average molecular weight is 338 g/mol. The molecule has 4 nitrogen and oxygen atoms in total.